The van der Waals surface area contributed by atoms with Crippen LogP contribution >= 0.6 is 11.6 Å². The van der Waals surface area contributed by atoms with Gasteiger partial charge in [-0.2, -0.15) is 0 Å². The van der Waals surface area contributed by atoms with Crippen LogP contribution in [0.25, 0.3) is 11.7 Å². The van der Waals surface area contributed by atoms with Crippen LogP contribution in [0.15, 0.2) is 54.7 Å². The van der Waals surface area contributed by atoms with Gasteiger partial charge in [-0.25, -0.2) is 9.78 Å². The molecule has 0 spiro atoms. The molecular formula is C18H13ClN4O5. The number of benzene rings is 1. The van der Waals surface area contributed by atoms with E-state index < -0.39 is 23.4 Å². The summed E-state index contributed by atoms with van der Waals surface area (Å²) >= 11 is 6.06. The first-order chi connectivity index (χ1) is 13.4. The van der Waals surface area contributed by atoms with Gasteiger partial charge in [0.25, 0.3) is 11.6 Å². The molecule has 0 saturated heterocycles. The number of nitrogens with zero attached hydrogens (tertiary/aromatic N) is 3. The fourth-order valence-electron chi connectivity index (χ4n) is 2.33. The molecule has 9 nitrogen and oxygen atoms in total. The van der Waals surface area contributed by atoms with Gasteiger partial charge in [-0.05, 0) is 30.3 Å². The van der Waals surface area contributed by atoms with E-state index in [0.29, 0.717) is 17.0 Å². The summed E-state index contributed by atoms with van der Waals surface area (Å²) in [6.45, 7) is -0.513. The molecule has 0 bridgehead atoms. The summed E-state index contributed by atoms with van der Waals surface area (Å²) < 4.78 is 6.57. The second-order valence-corrected chi connectivity index (χ2v) is 5.87. The number of hydrogen-bond donors (Lipinski definition) is 1. The Kier molecular flexibility index (Phi) is 5.66. The summed E-state index contributed by atoms with van der Waals surface area (Å²) in [6.07, 6.45) is 4.33. The zero-order valence-electron chi connectivity index (χ0n) is 14.2. The number of halogens is 1. The SMILES string of the molecule is O=C(COC(=O)/C=C/c1c(Cl)nc2ccccn12)Nc1ccc([N+](=O)[O-])cc1. The normalized spacial score (nSPS) is 10.9. The van der Waals surface area contributed by atoms with Crippen LogP contribution < -0.4 is 5.32 Å². The third kappa shape index (κ3) is 4.51. The molecule has 0 aliphatic heterocycles. The van der Waals surface area contributed by atoms with Gasteiger partial charge in [0, 0.05) is 30.1 Å². The van der Waals surface area contributed by atoms with E-state index in [-0.39, 0.29) is 10.8 Å². The highest BCUT2D eigenvalue weighted by Crippen LogP contribution is 2.19. The van der Waals surface area contributed by atoms with Crippen molar-refractivity contribution in [3.8, 4) is 0 Å². The lowest BCUT2D eigenvalue weighted by Crippen LogP contribution is -2.20. The lowest BCUT2D eigenvalue weighted by molar-refractivity contribution is -0.384. The Morgan fingerprint density at radius 3 is 2.71 bits per heavy atom. The van der Waals surface area contributed by atoms with Gasteiger partial charge in [0.05, 0.1) is 10.6 Å². The molecule has 2 aromatic heterocycles. The van der Waals surface area contributed by atoms with Gasteiger partial charge >= 0.3 is 5.97 Å². The summed E-state index contributed by atoms with van der Waals surface area (Å²) in [5.74, 6) is -1.32. The van der Waals surface area contributed by atoms with Gasteiger partial charge in [-0.15, -0.1) is 0 Å². The molecule has 1 N–H and O–H groups in total. The number of carbonyl (C=O) groups excluding carboxylic acids is 2. The summed E-state index contributed by atoms with van der Waals surface area (Å²) in [6, 6.07) is 10.6. The topological polar surface area (TPSA) is 116 Å². The van der Waals surface area contributed by atoms with E-state index in [4.69, 9.17) is 16.3 Å². The molecule has 28 heavy (non-hydrogen) atoms. The Hall–Kier alpha value is -3.72. The average molecular weight is 401 g/mol. The van der Waals surface area contributed by atoms with Crippen LogP contribution in [0, 0.1) is 10.1 Å². The van der Waals surface area contributed by atoms with E-state index >= 15 is 0 Å². The lowest BCUT2D eigenvalue weighted by Gasteiger charge is -2.05. The van der Waals surface area contributed by atoms with E-state index in [0.717, 1.165) is 6.08 Å². The van der Waals surface area contributed by atoms with Crippen molar-refractivity contribution in [1.82, 2.24) is 9.38 Å². The Morgan fingerprint density at radius 2 is 2.00 bits per heavy atom. The zero-order chi connectivity index (χ0) is 20.1. The van der Waals surface area contributed by atoms with Gasteiger partial charge in [0.1, 0.15) is 5.65 Å². The molecule has 0 saturated carbocycles. The van der Waals surface area contributed by atoms with Crippen LogP contribution in [-0.2, 0) is 14.3 Å². The van der Waals surface area contributed by atoms with E-state index in [1.807, 2.05) is 6.07 Å². The molecule has 3 rings (SSSR count). The highest BCUT2D eigenvalue weighted by Gasteiger charge is 2.10. The number of ether oxygens (including phenoxy) is 1. The second kappa shape index (κ2) is 8.31. The number of pyridine rings is 1. The van der Waals surface area contributed by atoms with Crippen molar-refractivity contribution in [3.63, 3.8) is 0 Å². The number of rotatable bonds is 6. The van der Waals surface area contributed by atoms with E-state index in [9.17, 15) is 19.7 Å². The van der Waals surface area contributed by atoms with Crippen molar-refractivity contribution in [2.75, 3.05) is 11.9 Å². The number of nitrogens with one attached hydrogen (secondary N) is 1. The van der Waals surface area contributed by atoms with Gasteiger partial charge in [-0.1, -0.05) is 17.7 Å². The number of fused-ring (bicyclic) bond motifs is 1. The molecule has 0 aliphatic rings. The number of non-ortho nitro benzene ring substituents is 1. The summed E-state index contributed by atoms with van der Waals surface area (Å²) in [7, 11) is 0. The van der Waals surface area contributed by atoms with Gasteiger partial charge < -0.3 is 10.1 Å². The third-order valence-electron chi connectivity index (χ3n) is 3.61. The molecule has 10 heteroatoms. The Balaban J connectivity index is 1.54. The molecule has 0 radical (unpaired) electrons. The van der Waals surface area contributed by atoms with Crippen molar-refractivity contribution < 1.29 is 19.2 Å². The predicted molar refractivity (Wildman–Crippen MR) is 102 cm³/mol. The Bertz CT molecular complexity index is 1080. The summed E-state index contributed by atoms with van der Waals surface area (Å²) in [4.78, 5) is 37.8. The number of nitro groups is 1. The number of nitro benzene ring substituents is 1. The van der Waals surface area contributed by atoms with E-state index in [1.54, 1.807) is 22.7 Å². The Labute approximate surface area is 163 Å². The largest absolute Gasteiger partial charge is 0.452 e. The quantitative estimate of drug-likeness (QED) is 0.294. The monoisotopic (exact) mass is 400 g/mol. The zero-order valence-corrected chi connectivity index (χ0v) is 15.0. The highest BCUT2D eigenvalue weighted by molar-refractivity contribution is 6.31. The summed E-state index contributed by atoms with van der Waals surface area (Å²) in [5, 5.41) is 13.3. The maximum absolute atomic E-state index is 11.8. The van der Waals surface area contributed by atoms with Gasteiger partial charge in [0.2, 0.25) is 0 Å². The van der Waals surface area contributed by atoms with Crippen molar-refractivity contribution >= 4 is 46.6 Å². The van der Waals surface area contributed by atoms with E-state index in [1.165, 1.54) is 30.3 Å². The van der Waals surface area contributed by atoms with Gasteiger partial charge in [0.15, 0.2) is 11.8 Å². The minimum atomic E-state index is -0.735. The first-order valence-electron chi connectivity index (χ1n) is 7.96. The molecule has 0 unspecified atom stereocenters. The first kappa shape index (κ1) is 19.1. The van der Waals surface area contributed by atoms with Gasteiger partial charge in [-0.3, -0.25) is 19.3 Å². The molecule has 1 aromatic carbocycles. The maximum atomic E-state index is 11.8. The number of esters is 1. The van der Waals surface area contributed by atoms with Crippen molar-refractivity contribution in [2.45, 2.75) is 0 Å². The molecule has 142 valence electrons. The fraction of sp³-hybridized carbons (Fsp3) is 0.0556. The predicted octanol–water partition coefficient (Wildman–Crippen LogP) is 3.09. The van der Waals surface area contributed by atoms with Crippen LogP contribution in [-0.4, -0.2) is 32.8 Å². The van der Waals surface area contributed by atoms with Crippen LogP contribution in [0.4, 0.5) is 11.4 Å². The second-order valence-electron chi connectivity index (χ2n) is 5.51. The van der Waals surface area contributed by atoms with Crippen LogP contribution in [0.3, 0.4) is 0 Å². The first-order valence-corrected chi connectivity index (χ1v) is 8.33. The number of imidazole rings is 1. The standard InChI is InChI=1S/C18H13ClN4O5/c19-18-14(22-10-2-1-3-15(22)21-18)8-9-17(25)28-11-16(24)20-12-4-6-13(7-5-12)23(26)27/h1-10H,11H2,(H,20,24)/b9-8+. The minimum Gasteiger partial charge on any atom is -0.452 e. The maximum Gasteiger partial charge on any atom is 0.331 e. The average Bonchev–Trinajstić information content (AvgIpc) is 3.00. The van der Waals surface area contributed by atoms with Crippen molar-refractivity contribution in [2.24, 2.45) is 0 Å². The van der Waals surface area contributed by atoms with E-state index in [2.05, 4.69) is 10.3 Å². The molecule has 0 aliphatic carbocycles. The van der Waals surface area contributed by atoms with Crippen molar-refractivity contribution in [1.29, 1.82) is 0 Å². The van der Waals surface area contributed by atoms with Crippen molar-refractivity contribution in [3.05, 3.63) is 75.7 Å². The number of anilines is 1. The molecule has 2 heterocycles. The lowest BCUT2D eigenvalue weighted by atomic mass is 10.3. The van der Waals surface area contributed by atoms with Crippen LogP contribution in [0.2, 0.25) is 5.15 Å². The molecule has 0 atom stereocenters. The number of carbonyl (C=O) groups is 2. The fourth-order valence-corrected chi connectivity index (χ4v) is 2.57. The number of aromatic nitrogens is 2. The van der Waals surface area contributed by atoms with Crippen LogP contribution in [0.5, 0.6) is 0 Å². The summed E-state index contributed by atoms with van der Waals surface area (Å²) in [5.41, 5.74) is 1.38. The molecule has 0 fully saturated rings. The van der Waals surface area contributed by atoms with Crippen LogP contribution in [0.1, 0.15) is 5.69 Å². The molecular weight excluding hydrogens is 388 g/mol. The third-order valence-corrected chi connectivity index (χ3v) is 3.88. The highest BCUT2D eigenvalue weighted by atomic mass is 35.5. The smallest absolute Gasteiger partial charge is 0.331 e. The minimum absolute atomic E-state index is 0.0966. The molecule has 1 amide bonds. The number of amides is 1. The molecule has 3 aromatic rings. The number of hydrogen-bond acceptors (Lipinski definition) is 6. The Morgan fingerprint density at radius 1 is 1.25 bits per heavy atom.